The molecule has 0 amide bonds. The lowest BCUT2D eigenvalue weighted by atomic mass is 9.54. The largest absolute Gasteiger partial charge is 0.321 e. The summed E-state index contributed by atoms with van der Waals surface area (Å²) in [4.78, 5) is 0. The molecule has 0 heterocycles. The van der Waals surface area contributed by atoms with Crippen LogP contribution in [-0.2, 0) is 5.54 Å². The maximum atomic E-state index is 6.50. The minimum atomic E-state index is -0.216. The van der Waals surface area contributed by atoms with Crippen LogP contribution in [0.1, 0.15) is 44.1 Å². The van der Waals surface area contributed by atoms with Crippen LogP contribution < -0.4 is 5.73 Å². The van der Waals surface area contributed by atoms with E-state index in [2.05, 4.69) is 0 Å². The Morgan fingerprint density at radius 2 is 1.71 bits per heavy atom. The molecule has 1 aromatic rings. The molecule has 17 heavy (non-hydrogen) atoms. The second kappa shape index (κ2) is 3.88. The van der Waals surface area contributed by atoms with Crippen LogP contribution >= 0.6 is 23.2 Å². The summed E-state index contributed by atoms with van der Waals surface area (Å²) in [5.41, 5.74) is 7.88. The summed E-state index contributed by atoms with van der Waals surface area (Å²) in [5.74, 6) is 0. The average Bonchev–Trinajstić information content (AvgIpc) is 2.65. The summed E-state index contributed by atoms with van der Waals surface area (Å²) >= 11 is 12.2. The predicted molar refractivity (Wildman–Crippen MR) is 72.5 cm³/mol. The lowest BCUT2D eigenvalue weighted by molar-refractivity contribution is 0.0313. The summed E-state index contributed by atoms with van der Waals surface area (Å²) in [5, 5.41) is 1.39. The van der Waals surface area contributed by atoms with E-state index in [9.17, 15) is 0 Å². The molecule has 2 fully saturated rings. The van der Waals surface area contributed by atoms with Gasteiger partial charge in [0.1, 0.15) is 0 Å². The Labute approximate surface area is 112 Å². The summed E-state index contributed by atoms with van der Waals surface area (Å²) < 4.78 is 0. The van der Waals surface area contributed by atoms with E-state index in [1.54, 1.807) is 6.07 Å². The highest BCUT2D eigenvalue weighted by Crippen LogP contribution is 2.61. The van der Waals surface area contributed by atoms with Crippen molar-refractivity contribution < 1.29 is 0 Å². The Morgan fingerprint density at radius 1 is 1.06 bits per heavy atom. The molecule has 0 bridgehead atoms. The predicted octanol–water partition coefficient (Wildman–Crippen LogP) is 4.50. The average molecular weight is 270 g/mol. The van der Waals surface area contributed by atoms with Gasteiger partial charge < -0.3 is 5.73 Å². The van der Waals surface area contributed by atoms with E-state index in [0.717, 1.165) is 18.4 Å². The van der Waals surface area contributed by atoms with Crippen LogP contribution in [0.4, 0.5) is 0 Å². The third kappa shape index (κ3) is 1.89. The van der Waals surface area contributed by atoms with Crippen molar-refractivity contribution in [3.63, 3.8) is 0 Å². The molecule has 3 heteroatoms. The standard InChI is InChI=1S/C14H17Cl2N/c15-10-3-4-11(12(16)7-10)14(17)8-13(9-14)5-1-2-6-13/h3-4,7H,1-2,5-6,8-9,17H2. The van der Waals surface area contributed by atoms with Crippen LogP contribution in [0.25, 0.3) is 0 Å². The van der Waals surface area contributed by atoms with Gasteiger partial charge in [-0.1, -0.05) is 42.1 Å². The number of rotatable bonds is 1. The summed E-state index contributed by atoms with van der Waals surface area (Å²) in [6.07, 6.45) is 7.59. The first-order valence-electron chi connectivity index (χ1n) is 6.28. The van der Waals surface area contributed by atoms with Gasteiger partial charge in [0, 0.05) is 15.6 Å². The minimum Gasteiger partial charge on any atom is -0.321 e. The maximum Gasteiger partial charge on any atom is 0.0471 e. The second-order valence-corrected chi connectivity index (χ2v) is 6.68. The smallest absolute Gasteiger partial charge is 0.0471 e. The minimum absolute atomic E-state index is 0.216. The molecule has 2 saturated carbocycles. The molecule has 2 aliphatic rings. The first-order chi connectivity index (χ1) is 8.03. The van der Waals surface area contributed by atoms with Gasteiger partial charge in [-0.15, -0.1) is 0 Å². The number of hydrogen-bond acceptors (Lipinski definition) is 1. The molecule has 0 radical (unpaired) electrons. The Balaban J connectivity index is 1.85. The van der Waals surface area contributed by atoms with E-state index in [1.807, 2.05) is 12.1 Å². The van der Waals surface area contributed by atoms with E-state index in [1.165, 1.54) is 25.7 Å². The molecule has 0 aliphatic heterocycles. The number of halogens is 2. The molecule has 0 atom stereocenters. The highest BCUT2D eigenvalue weighted by atomic mass is 35.5. The highest BCUT2D eigenvalue weighted by molar-refractivity contribution is 6.35. The quantitative estimate of drug-likeness (QED) is 0.798. The van der Waals surface area contributed by atoms with Gasteiger partial charge in [0.2, 0.25) is 0 Å². The second-order valence-electron chi connectivity index (χ2n) is 5.84. The molecule has 2 aliphatic carbocycles. The first kappa shape index (κ1) is 11.8. The zero-order valence-electron chi connectivity index (χ0n) is 9.81. The Hall–Kier alpha value is -0.240. The van der Waals surface area contributed by atoms with Crippen LogP contribution in [0.5, 0.6) is 0 Å². The van der Waals surface area contributed by atoms with E-state index in [4.69, 9.17) is 28.9 Å². The molecule has 1 nitrogen and oxygen atoms in total. The fraction of sp³-hybridized carbons (Fsp3) is 0.571. The Bertz CT molecular complexity index is 442. The van der Waals surface area contributed by atoms with Crippen molar-refractivity contribution in [1.29, 1.82) is 0 Å². The van der Waals surface area contributed by atoms with Crippen molar-refractivity contribution in [2.45, 2.75) is 44.1 Å². The first-order valence-corrected chi connectivity index (χ1v) is 7.03. The third-order valence-electron chi connectivity index (χ3n) is 4.51. The van der Waals surface area contributed by atoms with Gasteiger partial charge in [0.15, 0.2) is 0 Å². The van der Waals surface area contributed by atoms with Crippen molar-refractivity contribution in [3.8, 4) is 0 Å². The summed E-state index contributed by atoms with van der Waals surface area (Å²) in [6, 6.07) is 5.68. The van der Waals surface area contributed by atoms with Crippen molar-refractivity contribution in [2.24, 2.45) is 11.1 Å². The molecule has 0 unspecified atom stereocenters. The van der Waals surface area contributed by atoms with Crippen molar-refractivity contribution in [1.82, 2.24) is 0 Å². The van der Waals surface area contributed by atoms with Gasteiger partial charge in [-0.25, -0.2) is 0 Å². The van der Waals surface area contributed by atoms with Gasteiger partial charge in [-0.2, -0.15) is 0 Å². The third-order valence-corrected chi connectivity index (χ3v) is 5.06. The fourth-order valence-electron chi connectivity index (χ4n) is 3.85. The molecule has 0 saturated heterocycles. The lowest BCUT2D eigenvalue weighted by Crippen LogP contribution is -2.54. The number of hydrogen-bond donors (Lipinski definition) is 1. The van der Waals surface area contributed by atoms with E-state index < -0.39 is 0 Å². The molecular formula is C14H17Cl2N. The van der Waals surface area contributed by atoms with Crippen molar-refractivity contribution in [2.75, 3.05) is 0 Å². The van der Waals surface area contributed by atoms with Gasteiger partial charge >= 0.3 is 0 Å². The lowest BCUT2D eigenvalue weighted by Gasteiger charge is -2.53. The molecule has 1 aromatic carbocycles. The van der Waals surface area contributed by atoms with Crippen LogP contribution in [0, 0.1) is 5.41 Å². The fourth-order valence-corrected chi connectivity index (χ4v) is 4.45. The van der Waals surface area contributed by atoms with Gasteiger partial charge in [-0.3, -0.25) is 0 Å². The maximum absolute atomic E-state index is 6.50. The normalized spacial score (nSPS) is 24.9. The summed E-state index contributed by atoms with van der Waals surface area (Å²) in [7, 11) is 0. The van der Waals surface area contributed by atoms with E-state index >= 15 is 0 Å². The molecule has 92 valence electrons. The zero-order valence-corrected chi connectivity index (χ0v) is 11.3. The SMILES string of the molecule is NC1(c2ccc(Cl)cc2Cl)CC2(CCCC2)C1. The van der Waals surface area contributed by atoms with Gasteiger partial charge in [0.05, 0.1) is 0 Å². The molecule has 0 aromatic heterocycles. The number of nitrogens with two attached hydrogens (primary N) is 1. The van der Waals surface area contributed by atoms with Crippen LogP contribution in [0.2, 0.25) is 10.0 Å². The zero-order chi connectivity index (χ0) is 12.1. The van der Waals surface area contributed by atoms with Crippen molar-refractivity contribution in [3.05, 3.63) is 33.8 Å². The molecular weight excluding hydrogens is 253 g/mol. The van der Waals surface area contributed by atoms with E-state index in [0.29, 0.717) is 15.5 Å². The Morgan fingerprint density at radius 3 is 2.29 bits per heavy atom. The van der Waals surface area contributed by atoms with Gasteiger partial charge in [-0.05, 0) is 48.8 Å². The topological polar surface area (TPSA) is 26.0 Å². The Kier molecular flexibility index (Phi) is 2.70. The molecule has 3 rings (SSSR count). The highest BCUT2D eigenvalue weighted by Gasteiger charge is 2.54. The van der Waals surface area contributed by atoms with E-state index in [-0.39, 0.29) is 5.54 Å². The summed E-state index contributed by atoms with van der Waals surface area (Å²) in [6.45, 7) is 0. The molecule has 2 N–H and O–H groups in total. The van der Waals surface area contributed by atoms with Gasteiger partial charge in [0.25, 0.3) is 0 Å². The van der Waals surface area contributed by atoms with Crippen LogP contribution in [0.3, 0.4) is 0 Å². The van der Waals surface area contributed by atoms with Crippen LogP contribution in [-0.4, -0.2) is 0 Å². The number of benzene rings is 1. The van der Waals surface area contributed by atoms with Crippen molar-refractivity contribution >= 4 is 23.2 Å². The monoisotopic (exact) mass is 269 g/mol. The van der Waals surface area contributed by atoms with Crippen LogP contribution in [0.15, 0.2) is 18.2 Å². The molecule has 1 spiro atoms.